The molecule has 1 heterocycles. The maximum atomic E-state index is 13.4. The van der Waals surface area contributed by atoms with Crippen molar-refractivity contribution in [2.75, 3.05) is 5.32 Å². The summed E-state index contributed by atoms with van der Waals surface area (Å²) in [7, 11) is 0. The fourth-order valence-electron chi connectivity index (χ4n) is 1.35. The van der Waals surface area contributed by atoms with Crippen LogP contribution in [0.4, 0.5) is 14.5 Å². The molecular weight excluding hydrogens is 212 g/mol. The summed E-state index contributed by atoms with van der Waals surface area (Å²) in [4.78, 5) is 6.69. The lowest BCUT2D eigenvalue weighted by atomic mass is 10.2. The molecular formula is C11H11F2N3. The smallest absolute Gasteiger partial charge is 0.146 e. The quantitative estimate of drug-likeness (QED) is 0.839. The molecule has 0 amide bonds. The van der Waals surface area contributed by atoms with Crippen molar-refractivity contribution in [3.05, 3.63) is 47.5 Å². The van der Waals surface area contributed by atoms with E-state index in [1.807, 2.05) is 0 Å². The van der Waals surface area contributed by atoms with Gasteiger partial charge in [0.05, 0.1) is 24.3 Å². The molecule has 0 unspecified atom stereocenters. The third-order valence-electron chi connectivity index (χ3n) is 2.27. The monoisotopic (exact) mass is 223 g/mol. The molecule has 5 heteroatoms. The number of nitrogens with zero attached hydrogens (tertiary/aromatic N) is 1. The highest BCUT2D eigenvalue weighted by molar-refractivity contribution is 5.47. The van der Waals surface area contributed by atoms with E-state index in [1.54, 1.807) is 6.20 Å². The summed E-state index contributed by atoms with van der Waals surface area (Å²) < 4.78 is 26.6. The van der Waals surface area contributed by atoms with Crippen LogP contribution in [0.3, 0.4) is 0 Å². The highest BCUT2D eigenvalue weighted by atomic mass is 19.1. The molecule has 0 radical (unpaired) electrons. The van der Waals surface area contributed by atoms with Gasteiger partial charge in [-0.25, -0.2) is 13.8 Å². The van der Waals surface area contributed by atoms with Crippen molar-refractivity contribution >= 4 is 5.69 Å². The molecule has 2 rings (SSSR count). The summed E-state index contributed by atoms with van der Waals surface area (Å²) in [5.41, 5.74) is 1.25. The zero-order valence-corrected chi connectivity index (χ0v) is 8.72. The number of aromatic nitrogens is 2. The summed E-state index contributed by atoms with van der Waals surface area (Å²) >= 11 is 0. The van der Waals surface area contributed by atoms with Crippen LogP contribution in [-0.2, 0) is 6.54 Å². The van der Waals surface area contributed by atoms with Crippen LogP contribution in [-0.4, -0.2) is 9.97 Å². The Labute approximate surface area is 91.5 Å². The van der Waals surface area contributed by atoms with Gasteiger partial charge in [0.2, 0.25) is 0 Å². The summed E-state index contributed by atoms with van der Waals surface area (Å²) in [6.07, 6.45) is 3.15. The van der Waals surface area contributed by atoms with E-state index in [-0.39, 0.29) is 5.69 Å². The van der Waals surface area contributed by atoms with Gasteiger partial charge in [0.15, 0.2) is 0 Å². The first-order chi connectivity index (χ1) is 7.66. The molecule has 0 saturated carbocycles. The van der Waals surface area contributed by atoms with Crippen LogP contribution in [0.2, 0.25) is 0 Å². The number of hydrogen-bond acceptors (Lipinski definition) is 2. The molecule has 0 fully saturated rings. The predicted molar refractivity (Wildman–Crippen MR) is 57.0 cm³/mol. The summed E-state index contributed by atoms with van der Waals surface area (Å²) in [6.45, 7) is 1.90. The molecule has 16 heavy (non-hydrogen) atoms. The fraction of sp³-hybridized carbons (Fsp3) is 0.182. The molecule has 0 aliphatic heterocycles. The number of aryl methyl sites for hydroxylation is 1. The third kappa shape index (κ3) is 2.18. The number of nitrogens with one attached hydrogen (secondary N) is 2. The second-order valence-corrected chi connectivity index (χ2v) is 3.51. The fourth-order valence-corrected chi connectivity index (χ4v) is 1.35. The molecule has 84 valence electrons. The Bertz CT molecular complexity index is 480. The highest BCUT2D eigenvalue weighted by Gasteiger charge is 2.06. The van der Waals surface area contributed by atoms with E-state index in [0.717, 1.165) is 11.8 Å². The Morgan fingerprint density at radius 1 is 1.31 bits per heavy atom. The number of hydrogen-bond donors (Lipinski definition) is 2. The van der Waals surface area contributed by atoms with Gasteiger partial charge in [0.1, 0.15) is 11.6 Å². The number of imidazole rings is 1. The molecule has 2 aromatic rings. The Morgan fingerprint density at radius 2 is 2.12 bits per heavy atom. The number of anilines is 1. The maximum absolute atomic E-state index is 13.4. The van der Waals surface area contributed by atoms with E-state index in [1.165, 1.54) is 19.3 Å². The molecule has 0 saturated heterocycles. The summed E-state index contributed by atoms with van der Waals surface area (Å²) in [6, 6.07) is 2.33. The van der Waals surface area contributed by atoms with Crippen LogP contribution in [0.15, 0.2) is 24.7 Å². The lowest BCUT2D eigenvalue weighted by Crippen LogP contribution is -2.03. The van der Waals surface area contributed by atoms with Gasteiger partial charge in [-0.3, -0.25) is 0 Å². The topological polar surface area (TPSA) is 40.7 Å². The normalized spacial score (nSPS) is 10.4. The van der Waals surface area contributed by atoms with Gasteiger partial charge in [-0.1, -0.05) is 0 Å². The molecule has 1 aromatic carbocycles. The van der Waals surface area contributed by atoms with E-state index in [9.17, 15) is 8.78 Å². The van der Waals surface area contributed by atoms with Crippen molar-refractivity contribution in [1.82, 2.24) is 9.97 Å². The summed E-state index contributed by atoms with van der Waals surface area (Å²) in [5.74, 6) is -0.882. The van der Waals surface area contributed by atoms with Crippen LogP contribution < -0.4 is 5.32 Å². The number of benzene rings is 1. The Morgan fingerprint density at radius 3 is 2.81 bits per heavy atom. The van der Waals surface area contributed by atoms with Crippen LogP contribution in [0, 0.1) is 18.6 Å². The zero-order chi connectivity index (χ0) is 11.5. The molecule has 2 N–H and O–H groups in total. The lowest BCUT2D eigenvalue weighted by molar-refractivity contribution is 0.594. The van der Waals surface area contributed by atoms with Crippen molar-refractivity contribution in [2.45, 2.75) is 13.5 Å². The average molecular weight is 223 g/mol. The minimum Gasteiger partial charge on any atom is -0.377 e. The zero-order valence-electron chi connectivity index (χ0n) is 8.72. The standard InChI is InChI=1S/C11H11F2N3/c1-7-2-10(13)11(3-9(7)12)15-5-8-4-14-6-16-8/h2-4,6,15H,5H2,1H3,(H,14,16). The van der Waals surface area contributed by atoms with E-state index in [2.05, 4.69) is 15.3 Å². The van der Waals surface area contributed by atoms with E-state index >= 15 is 0 Å². The number of halogens is 2. The number of H-pyrrole nitrogens is 1. The molecule has 3 nitrogen and oxygen atoms in total. The van der Waals surface area contributed by atoms with Crippen molar-refractivity contribution < 1.29 is 8.78 Å². The number of aromatic amines is 1. The largest absolute Gasteiger partial charge is 0.377 e. The Kier molecular flexibility index (Phi) is 2.85. The van der Waals surface area contributed by atoms with Gasteiger partial charge in [-0.15, -0.1) is 0 Å². The van der Waals surface area contributed by atoms with Crippen molar-refractivity contribution in [1.29, 1.82) is 0 Å². The van der Waals surface area contributed by atoms with Gasteiger partial charge in [-0.05, 0) is 18.6 Å². The van der Waals surface area contributed by atoms with Gasteiger partial charge in [0.25, 0.3) is 0 Å². The molecule has 0 aliphatic rings. The predicted octanol–water partition coefficient (Wildman–Crippen LogP) is 2.61. The van der Waals surface area contributed by atoms with Crippen molar-refractivity contribution in [3.8, 4) is 0 Å². The number of rotatable bonds is 3. The van der Waals surface area contributed by atoms with E-state index in [4.69, 9.17) is 0 Å². The molecule has 0 bridgehead atoms. The first-order valence-electron chi connectivity index (χ1n) is 4.83. The SMILES string of the molecule is Cc1cc(F)c(NCc2cnc[nH]2)cc1F. The summed E-state index contributed by atoms with van der Waals surface area (Å²) in [5, 5.41) is 2.80. The van der Waals surface area contributed by atoms with Gasteiger partial charge in [-0.2, -0.15) is 0 Å². The Balaban J connectivity index is 2.12. The molecule has 0 spiro atoms. The van der Waals surface area contributed by atoms with Crippen LogP contribution >= 0.6 is 0 Å². The van der Waals surface area contributed by atoms with Crippen LogP contribution in [0.25, 0.3) is 0 Å². The first kappa shape index (κ1) is 10.6. The lowest BCUT2D eigenvalue weighted by Gasteiger charge is -2.07. The van der Waals surface area contributed by atoms with Gasteiger partial charge in [0, 0.05) is 12.3 Å². The van der Waals surface area contributed by atoms with Crippen LogP contribution in [0.5, 0.6) is 0 Å². The van der Waals surface area contributed by atoms with Crippen molar-refractivity contribution in [3.63, 3.8) is 0 Å². The second kappa shape index (κ2) is 4.30. The minimum atomic E-state index is -0.460. The van der Waals surface area contributed by atoms with E-state index in [0.29, 0.717) is 12.1 Å². The van der Waals surface area contributed by atoms with Crippen molar-refractivity contribution in [2.24, 2.45) is 0 Å². The first-order valence-corrected chi connectivity index (χ1v) is 4.83. The highest BCUT2D eigenvalue weighted by Crippen LogP contribution is 2.19. The maximum Gasteiger partial charge on any atom is 0.146 e. The molecule has 0 atom stereocenters. The van der Waals surface area contributed by atoms with E-state index < -0.39 is 11.6 Å². The van der Waals surface area contributed by atoms with Gasteiger partial charge < -0.3 is 10.3 Å². The van der Waals surface area contributed by atoms with Gasteiger partial charge >= 0.3 is 0 Å². The average Bonchev–Trinajstić information content (AvgIpc) is 2.74. The minimum absolute atomic E-state index is 0.151. The Hall–Kier alpha value is -1.91. The van der Waals surface area contributed by atoms with Crippen LogP contribution in [0.1, 0.15) is 11.3 Å². The molecule has 0 aliphatic carbocycles. The second-order valence-electron chi connectivity index (χ2n) is 3.51. The third-order valence-corrected chi connectivity index (χ3v) is 2.27. The molecule has 1 aromatic heterocycles.